The van der Waals surface area contributed by atoms with Crippen molar-refractivity contribution < 1.29 is 18.0 Å². The number of benzene rings is 1. The van der Waals surface area contributed by atoms with Gasteiger partial charge >= 0.3 is 0 Å². The van der Waals surface area contributed by atoms with Gasteiger partial charge in [-0.25, -0.2) is 18.2 Å². The molecule has 1 aromatic carbocycles. The maximum Gasteiger partial charge on any atom is 0.278 e. The summed E-state index contributed by atoms with van der Waals surface area (Å²) in [6.07, 6.45) is -3.09. The van der Waals surface area contributed by atoms with Crippen molar-refractivity contribution in [3.8, 4) is 0 Å². The minimum Gasteiger partial charge on any atom is -0.273 e. The third-order valence-electron chi connectivity index (χ3n) is 2.34. The molecule has 3 nitrogen and oxygen atoms in total. The van der Waals surface area contributed by atoms with Crippen molar-refractivity contribution in [2.45, 2.75) is 19.4 Å². The van der Waals surface area contributed by atoms with Crippen LogP contribution in [0.5, 0.6) is 0 Å². The van der Waals surface area contributed by atoms with Crippen LogP contribution in [0.2, 0.25) is 0 Å². The first kappa shape index (κ1) is 11.6. The molecule has 0 bridgehead atoms. The number of rotatable bonds is 3. The van der Waals surface area contributed by atoms with Crippen molar-refractivity contribution in [2.75, 3.05) is 0 Å². The Labute approximate surface area is 95.5 Å². The molecule has 0 atom stereocenters. The summed E-state index contributed by atoms with van der Waals surface area (Å²) in [5.74, 6) is -0.934. The van der Waals surface area contributed by atoms with Crippen LogP contribution in [0.1, 0.15) is 12.0 Å². The lowest BCUT2D eigenvalue weighted by atomic mass is 10.2. The number of hydrogen-bond acceptors (Lipinski definition) is 2. The molecular weight excluding hydrogens is 233 g/mol. The molecule has 1 heterocycles. The molecule has 0 spiro atoms. The van der Waals surface area contributed by atoms with Crippen LogP contribution < -0.4 is 0 Å². The van der Waals surface area contributed by atoms with Crippen molar-refractivity contribution in [3.63, 3.8) is 0 Å². The Bertz CT molecular complexity index is 474. The van der Waals surface area contributed by atoms with Gasteiger partial charge in [0.05, 0.1) is 13.0 Å². The highest BCUT2D eigenvalue weighted by Crippen LogP contribution is 2.17. The number of nitrogens with zero attached hydrogens (tertiary/aromatic N) is 2. The molecule has 90 valence electrons. The van der Waals surface area contributed by atoms with Crippen molar-refractivity contribution in [2.24, 2.45) is 5.10 Å². The monoisotopic (exact) mass is 242 g/mol. The summed E-state index contributed by atoms with van der Waals surface area (Å²) >= 11 is 0. The zero-order valence-corrected chi connectivity index (χ0v) is 8.74. The highest BCUT2D eigenvalue weighted by atomic mass is 19.3. The van der Waals surface area contributed by atoms with Gasteiger partial charge < -0.3 is 0 Å². The van der Waals surface area contributed by atoms with Crippen LogP contribution in [0.3, 0.4) is 0 Å². The predicted octanol–water partition coefficient (Wildman–Crippen LogP) is 2.18. The van der Waals surface area contributed by atoms with E-state index in [-0.39, 0.29) is 13.0 Å². The summed E-state index contributed by atoms with van der Waals surface area (Å²) in [5, 5.41) is 4.46. The fraction of sp³-hybridized carbons (Fsp3) is 0.273. The first-order valence-electron chi connectivity index (χ1n) is 4.96. The van der Waals surface area contributed by atoms with Crippen molar-refractivity contribution in [1.29, 1.82) is 0 Å². The Balaban J connectivity index is 2.12. The molecule has 0 aromatic heterocycles. The number of hydrogen-bond donors (Lipinski definition) is 0. The van der Waals surface area contributed by atoms with E-state index in [0.29, 0.717) is 5.56 Å². The zero-order valence-electron chi connectivity index (χ0n) is 8.74. The van der Waals surface area contributed by atoms with Gasteiger partial charge in [-0.1, -0.05) is 12.1 Å². The van der Waals surface area contributed by atoms with Gasteiger partial charge in [0, 0.05) is 0 Å². The van der Waals surface area contributed by atoms with Gasteiger partial charge in [0.15, 0.2) is 0 Å². The van der Waals surface area contributed by atoms with Crippen LogP contribution in [0.25, 0.3) is 0 Å². The summed E-state index contributed by atoms with van der Waals surface area (Å²) in [6, 6.07) is 5.60. The quantitative estimate of drug-likeness (QED) is 0.799. The van der Waals surface area contributed by atoms with E-state index >= 15 is 0 Å². The van der Waals surface area contributed by atoms with E-state index in [1.807, 2.05) is 0 Å². The number of halogens is 3. The Hall–Kier alpha value is -1.85. The van der Waals surface area contributed by atoms with Crippen LogP contribution in [-0.2, 0) is 11.3 Å². The Kier molecular flexibility index (Phi) is 3.12. The SMILES string of the molecule is O=C1CC(C(F)F)=NN1Cc1cccc(F)c1. The van der Waals surface area contributed by atoms with Crippen LogP contribution >= 0.6 is 0 Å². The van der Waals surface area contributed by atoms with Gasteiger partial charge in [-0.15, -0.1) is 0 Å². The fourth-order valence-electron chi connectivity index (χ4n) is 1.54. The third kappa shape index (κ3) is 2.64. The van der Waals surface area contributed by atoms with Gasteiger partial charge in [-0.05, 0) is 17.7 Å². The van der Waals surface area contributed by atoms with Crippen LogP contribution in [0.15, 0.2) is 29.4 Å². The zero-order chi connectivity index (χ0) is 12.4. The molecule has 6 heteroatoms. The van der Waals surface area contributed by atoms with Crippen LogP contribution in [0.4, 0.5) is 13.2 Å². The molecule has 0 aliphatic carbocycles. The minimum absolute atomic E-state index is 0.00676. The number of carbonyl (C=O) groups is 1. The molecule has 1 aliphatic heterocycles. The second-order valence-electron chi connectivity index (χ2n) is 3.65. The lowest BCUT2D eigenvalue weighted by Gasteiger charge is -2.11. The summed E-state index contributed by atoms with van der Waals surface area (Å²) in [6.45, 7) is 0.00676. The molecule has 1 amide bonds. The lowest BCUT2D eigenvalue weighted by Crippen LogP contribution is -2.20. The predicted molar refractivity (Wildman–Crippen MR) is 55.0 cm³/mol. The van der Waals surface area contributed by atoms with Crippen LogP contribution in [-0.4, -0.2) is 23.1 Å². The lowest BCUT2D eigenvalue weighted by molar-refractivity contribution is -0.129. The Morgan fingerprint density at radius 2 is 2.18 bits per heavy atom. The van der Waals surface area contributed by atoms with Gasteiger partial charge in [0.25, 0.3) is 6.43 Å². The summed E-state index contributed by atoms with van der Waals surface area (Å²) in [4.78, 5) is 11.4. The highest BCUT2D eigenvalue weighted by molar-refractivity contribution is 6.06. The van der Waals surface area contributed by atoms with E-state index in [1.54, 1.807) is 6.07 Å². The molecule has 1 aromatic rings. The van der Waals surface area contributed by atoms with Crippen molar-refractivity contribution in [1.82, 2.24) is 5.01 Å². The van der Waals surface area contributed by atoms with Crippen molar-refractivity contribution >= 4 is 11.6 Å². The van der Waals surface area contributed by atoms with Gasteiger partial charge in [0.1, 0.15) is 11.5 Å². The summed E-state index contributed by atoms with van der Waals surface area (Å²) in [7, 11) is 0. The number of alkyl halides is 2. The van der Waals surface area contributed by atoms with Gasteiger partial charge in [-0.2, -0.15) is 5.10 Å². The second kappa shape index (κ2) is 4.57. The molecule has 0 saturated carbocycles. The van der Waals surface area contributed by atoms with E-state index < -0.39 is 23.9 Å². The number of hydrazone groups is 1. The first-order valence-corrected chi connectivity index (χ1v) is 4.96. The van der Waals surface area contributed by atoms with Crippen molar-refractivity contribution in [3.05, 3.63) is 35.6 Å². The highest BCUT2D eigenvalue weighted by Gasteiger charge is 2.28. The maximum atomic E-state index is 12.9. The first-order chi connectivity index (χ1) is 8.06. The summed E-state index contributed by atoms with van der Waals surface area (Å²) in [5.41, 5.74) is 0.0732. The Morgan fingerprint density at radius 1 is 1.41 bits per heavy atom. The molecule has 0 fully saturated rings. The molecule has 0 saturated heterocycles. The van der Waals surface area contributed by atoms with Gasteiger partial charge in [-0.3, -0.25) is 4.79 Å². The third-order valence-corrected chi connectivity index (χ3v) is 2.34. The van der Waals surface area contributed by atoms with E-state index in [4.69, 9.17) is 0 Å². The molecule has 2 rings (SSSR count). The molecule has 1 aliphatic rings. The molecule has 0 unspecified atom stereocenters. The largest absolute Gasteiger partial charge is 0.278 e. The normalized spacial score (nSPS) is 15.6. The second-order valence-corrected chi connectivity index (χ2v) is 3.65. The number of carbonyl (C=O) groups excluding carboxylic acids is 1. The maximum absolute atomic E-state index is 12.9. The number of amides is 1. The molecule has 0 radical (unpaired) electrons. The minimum atomic E-state index is -2.73. The smallest absolute Gasteiger partial charge is 0.273 e. The topological polar surface area (TPSA) is 32.7 Å². The van der Waals surface area contributed by atoms with E-state index in [1.165, 1.54) is 18.2 Å². The molecular formula is C11H9F3N2O. The average molecular weight is 242 g/mol. The molecule has 0 N–H and O–H groups in total. The van der Waals surface area contributed by atoms with E-state index in [2.05, 4.69) is 5.10 Å². The van der Waals surface area contributed by atoms with Gasteiger partial charge in [0.2, 0.25) is 5.91 Å². The standard InChI is InChI=1S/C11H9F3N2O/c12-8-3-1-2-7(4-8)6-16-10(17)5-9(15-16)11(13)14/h1-4,11H,5-6H2. The van der Waals surface area contributed by atoms with Crippen LogP contribution in [0, 0.1) is 5.82 Å². The Morgan fingerprint density at radius 3 is 2.76 bits per heavy atom. The van der Waals surface area contributed by atoms with E-state index in [9.17, 15) is 18.0 Å². The fourth-order valence-corrected chi connectivity index (χ4v) is 1.54. The van der Waals surface area contributed by atoms with E-state index in [0.717, 1.165) is 5.01 Å². The summed E-state index contributed by atoms with van der Waals surface area (Å²) < 4.78 is 37.5. The average Bonchev–Trinajstić information content (AvgIpc) is 2.61. The molecule has 17 heavy (non-hydrogen) atoms.